The van der Waals surface area contributed by atoms with E-state index in [1.54, 1.807) is 18.6 Å². The summed E-state index contributed by atoms with van der Waals surface area (Å²) in [5, 5.41) is 3.24. The van der Waals surface area contributed by atoms with E-state index in [0.29, 0.717) is 0 Å². The molecule has 4 heteroatoms. The molecular formula is C11H15N3O. The predicted molar refractivity (Wildman–Crippen MR) is 58.7 cm³/mol. The highest BCUT2D eigenvalue weighted by Gasteiger charge is 2.02. The average molecular weight is 205 g/mol. The molecule has 0 atom stereocenters. The van der Waals surface area contributed by atoms with Crippen LogP contribution in [0.3, 0.4) is 0 Å². The maximum Gasteiger partial charge on any atom is 0.144 e. The van der Waals surface area contributed by atoms with Gasteiger partial charge in [0.15, 0.2) is 0 Å². The van der Waals surface area contributed by atoms with Crippen molar-refractivity contribution in [2.75, 3.05) is 25.1 Å². The van der Waals surface area contributed by atoms with E-state index in [-0.39, 0.29) is 0 Å². The molecule has 0 bridgehead atoms. The summed E-state index contributed by atoms with van der Waals surface area (Å²) in [4.78, 5) is 8.13. The molecule has 0 fully saturated rings. The van der Waals surface area contributed by atoms with Gasteiger partial charge in [-0.3, -0.25) is 4.98 Å². The Labute approximate surface area is 89.4 Å². The SMILES string of the molecule is C1=C(CCNc2cnccn2)CCOC1. The number of hydrogen-bond acceptors (Lipinski definition) is 4. The molecule has 0 aliphatic carbocycles. The van der Waals surface area contributed by atoms with Gasteiger partial charge in [0.1, 0.15) is 5.82 Å². The summed E-state index contributed by atoms with van der Waals surface area (Å²) in [6.07, 6.45) is 9.38. The Hall–Kier alpha value is -1.42. The third kappa shape index (κ3) is 3.32. The van der Waals surface area contributed by atoms with E-state index in [9.17, 15) is 0 Å². The van der Waals surface area contributed by atoms with Gasteiger partial charge in [0.2, 0.25) is 0 Å². The van der Waals surface area contributed by atoms with Crippen LogP contribution in [0.1, 0.15) is 12.8 Å². The van der Waals surface area contributed by atoms with Gasteiger partial charge < -0.3 is 10.1 Å². The van der Waals surface area contributed by atoms with Gasteiger partial charge in [-0.2, -0.15) is 0 Å². The van der Waals surface area contributed by atoms with Crippen LogP contribution in [0.15, 0.2) is 30.2 Å². The molecule has 1 aromatic heterocycles. The second-order valence-electron chi connectivity index (χ2n) is 3.45. The van der Waals surface area contributed by atoms with Gasteiger partial charge in [-0.05, 0) is 12.8 Å². The molecule has 1 aliphatic rings. The van der Waals surface area contributed by atoms with Crippen molar-refractivity contribution in [3.05, 3.63) is 30.2 Å². The minimum Gasteiger partial charge on any atom is -0.377 e. The molecule has 1 aromatic rings. The molecular weight excluding hydrogens is 190 g/mol. The van der Waals surface area contributed by atoms with Crippen molar-refractivity contribution in [2.24, 2.45) is 0 Å². The van der Waals surface area contributed by atoms with Crippen molar-refractivity contribution in [1.82, 2.24) is 9.97 Å². The van der Waals surface area contributed by atoms with Crippen LogP contribution in [0.4, 0.5) is 5.82 Å². The first kappa shape index (κ1) is 10.1. The second-order valence-corrected chi connectivity index (χ2v) is 3.45. The van der Waals surface area contributed by atoms with Crippen molar-refractivity contribution in [2.45, 2.75) is 12.8 Å². The van der Waals surface area contributed by atoms with Crippen molar-refractivity contribution >= 4 is 5.82 Å². The first-order chi connectivity index (χ1) is 7.45. The molecule has 0 spiro atoms. The molecule has 0 saturated heterocycles. The lowest BCUT2D eigenvalue weighted by atomic mass is 10.1. The summed E-state index contributed by atoms with van der Waals surface area (Å²) in [5.74, 6) is 0.838. The van der Waals surface area contributed by atoms with Crippen LogP contribution in [0.2, 0.25) is 0 Å². The van der Waals surface area contributed by atoms with Gasteiger partial charge in [-0.25, -0.2) is 4.98 Å². The van der Waals surface area contributed by atoms with Crippen LogP contribution in [0, 0.1) is 0 Å². The highest BCUT2D eigenvalue weighted by Crippen LogP contribution is 2.11. The van der Waals surface area contributed by atoms with E-state index >= 15 is 0 Å². The lowest BCUT2D eigenvalue weighted by Gasteiger charge is -2.13. The number of nitrogens with zero attached hydrogens (tertiary/aromatic N) is 2. The fraction of sp³-hybridized carbons (Fsp3) is 0.455. The van der Waals surface area contributed by atoms with Crippen molar-refractivity contribution < 1.29 is 4.74 Å². The van der Waals surface area contributed by atoms with Crippen molar-refractivity contribution in [3.8, 4) is 0 Å². The number of rotatable bonds is 4. The van der Waals surface area contributed by atoms with Crippen LogP contribution < -0.4 is 5.32 Å². The fourth-order valence-electron chi connectivity index (χ4n) is 1.53. The average Bonchev–Trinajstić information content (AvgIpc) is 2.32. The van der Waals surface area contributed by atoms with Crippen LogP contribution in [-0.4, -0.2) is 29.7 Å². The minimum absolute atomic E-state index is 0.764. The fourth-order valence-corrected chi connectivity index (χ4v) is 1.53. The van der Waals surface area contributed by atoms with Crippen LogP contribution >= 0.6 is 0 Å². The number of hydrogen-bond donors (Lipinski definition) is 1. The van der Waals surface area contributed by atoms with Gasteiger partial charge in [-0.15, -0.1) is 0 Å². The molecule has 1 aliphatic heterocycles. The number of anilines is 1. The molecule has 0 aromatic carbocycles. The van der Waals surface area contributed by atoms with Crippen LogP contribution in [0.25, 0.3) is 0 Å². The molecule has 0 radical (unpaired) electrons. The van der Waals surface area contributed by atoms with Crippen molar-refractivity contribution in [1.29, 1.82) is 0 Å². The molecule has 4 nitrogen and oxygen atoms in total. The minimum atomic E-state index is 0.764. The van der Waals surface area contributed by atoms with Gasteiger partial charge in [0, 0.05) is 18.9 Å². The first-order valence-corrected chi connectivity index (χ1v) is 5.21. The van der Waals surface area contributed by atoms with Gasteiger partial charge in [0.25, 0.3) is 0 Å². The van der Waals surface area contributed by atoms with Crippen LogP contribution in [-0.2, 0) is 4.74 Å². The molecule has 0 saturated carbocycles. The third-order valence-electron chi connectivity index (χ3n) is 2.37. The highest BCUT2D eigenvalue weighted by atomic mass is 16.5. The Kier molecular flexibility index (Phi) is 3.68. The summed E-state index contributed by atoms with van der Waals surface area (Å²) >= 11 is 0. The molecule has 2 rings (SSSR count). The topological polar surface area (TPSA) is 47.0 Å². The van der Waals surface area contributed by atoms with Crippen LogP contribution in [0.5, 0.6) is 0 Å². The summed E-state index contributed by atoms with van der Waals surface area (Å²) in [7, 11) is 0. The Bertz CT molecular complexity index is 324. The van der Waals surface area contributed by atoms with E-state index in [0.717, 1.165) is 38.4 Å². The highest BCUT2D eigenvalue weighted by molar-refractivity contribution is 5.29. The summed E-state index contributed by atoms with van der Waals surface area (Å²) in [5.41, 5.74) is 1.47. The van der Waals surface area contributed by atoms with E-state index < -0.39 is 0 Å². The van der Waals surface area contributed by atoms with Crippen molar-refractivity contribution in [3.63, 3.8) is 0 Å². The van der Waals surface area contributed by atoms with Gasteiger partial charge in [-0.1, -0.05) is 11.6 Å². The summed E-state index contributed by atoms with van der Waals surface area (Å²) in [6.45, 7) is 2.53. The Morgan fingerprint density at radius 2 is 2.40 bits per heavy atom. The summed E-state index contributed by atoms with van der Waals surface area (Å²) < 4.78 is 5.25. The van der Waals surface area contributed by atoms with Gasteiger partial charge in [0.05, 0.1) is 19.4 Å². The monoisotopic (exact) mass is 205 g/mol. The molecule has 1 N–H and O–H groups in total. The van der Waals surface area contributed by atoms with E-state index in [1.807, 2.05) is 0 Å². The normalized spacial score (nSPS) is 15.9. The molecule has 0 unspecified atom stereocenters. The molecule has 15 heavy (non-hydrogen) atoms. The lowest BCUT2D eigenvalue weighted by Crippen LogP contribution is -2.09. The maximum absolute atomic E-state index is 5.25. The Morgan fingerprint density at radius 3 is 3.13 bits per heavy atom. The maximum atomic E-state index is 5.25. The lowest BCUT2D eigenvalue weighted by molar-refractivity contribution is 0.153. The first-order valence-electron chi connectivity index (χ1n) is 5.21. The molecule has 2 heterocycles. The smallest absolute Gasteiger partial charge is 0.144 e. The summed E-state index contributed by atoms with van der Waals surface area (Å²) in [6, 6.07) is 0. The van der Waals surface area contributed by atoms with E-state index in [2.05, 4.69) is 21.4 Å². The Balaban J connectivity index is 1.73. The zero-order valence-electron chi connectivity index (χ0n) is 8.65. The zero-order chi connectivity index (χ0) is 10.3. The third-order valence-corrected chi connectivity index (χ3v) is 2.37. The predicted octanol–water partition coefficient (Wildman–Crippen LogP) is 1.63. The number of aromatic nitrogens is 2. The molecule has 80 valence electrons. The number of nitrogens with one attached hydrogen (secondary N) is 1. The standard InChI is InChI=1S/C11H15N3O/c1(10-2-7-15-8-3-10)4-13-11-9-12-5-6-14-11/h2,5-6,9H,1,3-4,7-8H2,(H,13,14). The largest absolute Gasteiger partial charge is 0.377 e. The van der Waals surface area contributed by atoms with Gasteiger partial charge >= 0.3 is 0 Å². The number of ether oxygens (including phenoxy) is 1. The Morgan fingerprint density at radius 1 is 1.40 bits per heavy atom. The van der Waals surface area contributed by atoms with E-state index in [4.69, 9.17) is 4.74 Å². The second kappa shape index (κ2) is 5.46. The van der Waals surface area contributed by atoms with E-state index in [1.165, 1.54) is 5.57 Å². The zero-order valence-corrected chi connectivity index (χ0v) is 8.65. The molecule has 0 amide bonds. The quantitative estimate of drug-likeness (QED) is 0.759.